The standard InChI is InChI=1S/C10H8N2O2/c1-11-8-7(9(13)10(8)14)6-3-2-4-12-5-6/h2-5,11H,1H3. The lowest BCUT2D eigenvalue weighted by atomic mass is 10.0. The van der Waals surface area contributed by atoms with Crippen LogP contribution in [0.3, 0.4) is 0 Å². The van der Waals surface area contributed by atoms with Crippen LogP contribution >= 0.6 is 0 Å². The Morgan fingerprint density at radius 2 is 2.07 bits per heavy atom. The second kappa shape index (κ2) is 3.06. The Kier molecular flexibility index (Phi) is 1.89. The minimum absolute atomic E-state index is 0.378. The summed E-state index contributed by atoms with van der Waals surface area (Å²) in [5.41, 5.74) is 0.601. The number of rotatable bonds is 2. The van der Waals surface area contributed by atoms with Gasteiger partial charge in [-0.3, -0.25) is 14.6 Å². The van der Waals surface area contributed by atoms with Crippen molar-refractivity contribution in [1.29, 1.82) is 0 Å². The highest BCUT2D eigenvalue weighted by Gasteiger charge is 2.20. The summed E-state index contributed by atoms with van der Waals surface area (Å²) < 4.78 is 0. The van der Waals surface area contributed by atoms with Crippen LogP contribution in [0.4, 0.5) is 5.69 Å². The highest BCUT2D eigenvalue weighted by atomic mass is 16.2. The van der Waals surface area contributed by atoms with Crippen LogP contribution in [0.5, 0.6) is 0 Å². The molecule has 0 radical (unpaired) electrons. The Morgan fingerprint density at radius 1 is 1.29 bits per heavy atom. The fourth-order valence-electron chi connectivity index (χ4n) is 1.42. The summed E-state index contributed by atoms with van der Waals surface area (Å²) in [6.45, 7) is 0. The molecule has 0 spiro atoms. The van der Waals surface area contributed by atoms with E-state index in [1.165, 1.54) is 0 Å². The minimum Gasteiger partial charge on any atom is -0.384 e. The third-order valence-corrected chi connectivity index (χ3v) is 2.11. The Bertz CT molecular complexity index is 524. The molecule has 0 amide bonds. The monoisotopic (exact) mass is 188 g/mol. The summed E-state index contributed by atoms with van der Waals surface area (Å²) in [4.78, 5) is 26.2. The Morgan fingerprint density at radius 3 is 2.64 bits per heavy atom. The molecular formula is C10H8N2O2. The van der Waals surface area contributed by atoms with Crippen molar-refractivity contribution in [3.63, 3.8) is 0 Å². The molecule has 1 N–H and O–H groups in total. The average Bonchev–Trinajstić information content (AvgIpc) is 2.25. The van der Waals surface area contributed by atoms with Crippen molar-refractivity contribution in [2.45, 2.75) is 0 Å². The second-order valence-corrected chi connectivity index (χ2v) is 2.90. The quantitative estimate of drug-likeness (QED) is 0.692. The zero-order valence-corrected chi connectivity index (χ0v) is 7.57. The first-order chi connectivity index (χ1) is 6.75. The van der Waals surface area contributed by atoms with Crippen molar-refractivity contribution < 1.29 is 0 Å². The fraction of sp³-hybridized carbons (Fsp3) is 0.100. The van der Waals surface area contributed by atoms with E-state index in [2.05, 4.69) is 10.3 Å². The minimum atomic E-state index is -0.452. The molecule has 0 saturated carbocycles. The maximum absolute atomic E-state index is 11.3. The van der Waals surface area contributed by atoms with Gasteiger partial charge in [-0.25, -0.2) is 0 Å². The molecule has 0 aliphatic carbocycles. The van der Waals surface area contributed by atoms with E-state index in [9.17, 15) is 9.59 Å². The van der Waals surface area contributed by atoms with Gasteiger partial charge in [0, 0.05) is 25.0 Å². The zero-order chi connectivity index (χ0) is 10.1. The number of hydrogen-bond donors (Lipinski definition) is 1. The molecule has 1 heterocycles. The van der Waals surface area contributed by atoms with Crippen LogP contribution in [0.15, 0.2) is 34.1 Å². The Hall–Kier alpha value is -1.97. The van der Waals surface area contributed by atoms with Crippen LogP contribution in [0.2, 0.25) is 0 Å². The lowest BCUT2D eigenvalue weighted by molar-refractivity contribution is 1.30. The number of anilines is 1. The summed E-state index contributed by atoms with van der Waals surface area (Å²) in [6.07, 6.45) is 3.19. The summed E-state index contributed by atoms with van der Waals surface area (Å²) in [5, 5.41) is 2.71. The predicted octanol–water partition coefficient (Wildman–Crippen LogP) is 0.386. The highest BCUT2D eigenvalue weighted by molar-refractivity contribution is 5.81. The van der Waals surface area contributed by atoms with Gasteiger partial charge < -0.3 is 5.32 Å². The Balaban J connectivity index is 2.60. The van der Waals surface area contributed by atoms with E-state index < -0.39 is 10.9 Å². The van der Waals surface area contributed by atoms with Gasteiger partial charge in [-0.1, -0.05) is 6.07 Å². The first kappa shape index (κ1) is 8.62. The normalized spacial score (nSPS) is 10.4. The molecule has 0 saturated heterocycles. The second-order valence-electron chi connectivity index (χ2n) is 2.90. The molecular weight excluding hydrogens is 180 g/mol. The molecule has 2 rings (SSSR count). The smallest absolute Gasteiger partial charge is 0.250 e. The number of pyridine rings is 1. The molecule has 0 fully saturated rings. The van der Waals surface area contributed by atoms with Gasteiger partial charge in [0.05, 0.1) is 11.3 Å². The molecule has 0 aliphatic rings. The predicted molar refractivity (Wildman–Crippen MR) is 54.1 cm³/mol. The molecule has 2 aromatic rings. The largest absolute Gasteiger partial charge is 0.384 e. The number of nitrogens with one attached hydrogen (secondary N) is 1. The molecule has 14 heavy (non-hydrogen) atoms. The average molecular weight is 188 g/mol. The van der Waals surface area contributed by atoms with Gasteiger partial charge in [0.1, 0.15) is 0 Å². The van der Waals surface area contributed by atoms with Crippen molar-refractivity contribution in [1.82, 2.24) is 4.98 Å². The zero-order valence-electron chi connectivity index (χ0n) is 7.57. The summed E-state index contributed by atoms with van der Waals surface area (Å²) in [5.74, 6) is 0. The van der Waals surface area contributed by atoms with Crippen molar-refractivity contribution >= 4 is 5.69 Å². The molecule has 0 unspecified atom stereocenters. The Labute approximate surface area is 79.9 Å². The van der Waals surface area contributed by atoms with Crippen molar-refractivity contribution in [2.75, 3.05) is 12.4 Å². The summed E-state index contributed by atoms with van der Waals surface area (Å²) >= 11 is 0. The van der Waals surface area contributed by atoms with Gasteiger partial charge >= 0.3 is 0 Å². The van der Waals surface area contributed by atoms with Gasteiger partial charge in [0.25, 0.3) is 0 Å². The van der Waals surface area contributed by atoms with Gasteiger partial charge in [-0.15, -0.1) is 0 Å². The van der Waals surface area contributed by atoms with Gasteiger partial charge in [0.15, 0.2) is 0 Å². The third kappa shape index (κ3) is 1.04. The van der Waals surface area contributed by atoms with E-state index in [0.717, 1.165) is 0 Å². The van der Waals surface area contributed by atoms with Crippen LogP contribution in [0.1, 0.15) is 0 Å². The SMILES string of the molecule is CNc1c(-c2cccnc2)c(=O)c1=O. The van der Waals surface area contributed by atoms with E-state index >= 15 is 0 Å². The molecule has 0 atom stereocenters. The summed E-state index contributed by atoms with van der Waals surface area (Å²) in [6, 6.07) is 3.48. The van der Waals surface area contributed by atoms with Crippen molar-refractivity contribution in [3.05, 3.63) is 45.0 Å². The van der Waals surface area contributed by atoms with Gasteiger partial charge in [-0.2, -0.15) is 0 Å². The third-order valence-electron chi connectivity index (χ3n) is 2.11. The number of hydrogen-bond acceptors (Lipinski definition) is 4. The van der Waals surface area contributed by atoms with Crippen molar-refractivity contribution in [3.8, 4) is 11.1 Å². The number of aromatic nitrogens is 1. The fourth-order valence-corrected chi connectivity index (χ4v) is 1.42. The number of nitrogens with zero attached hydrogens (tertiary/aromatic N) is 1. The van der Waals surface area contributed by atoms with Gasteiger partial charge in [0.2, 0.25) is 10.9 Å². The maximum Gasteiger partial charge on any atom is 0.250 e. The molecule has 4 nitrogen and oxygen atoms in total. The van der Waals surface area contributed by atoms with E-state index in [1.807, 2.05) is 0 Å². The molecule has 1 aromatic heterocycles. The molecule has 70 valence electrons. The first-order valence-corrected chi connectivity index (χ1v) is 4.17. The topological polar surface area (TPSA) is 59.1 Å². The molecule has 1 aromatic carbocycles. The summed E-state index contributed by atoms with van der Waals surface area (Å²) in [7, 11) is 1.62. The molecule has 4 heteroatoms. The van der Waals surface area contributed by atoms with Crippen LogP contribution in [0.25, 0.3) is 11.1 Å². The van der Waals surface area contributed by atoms with E-state index in [4.69, 9.17) is 0 Å². The molecule has 0 bridgehead atoms. The van der Waals surface area contributed by atoms with E-state index in [-0.39, 0.29) is 0 Å². The van der Waals surface area contributed by atoms with E-state index in [1.54, 1.807) is 31.6 Å². The highest BCUT2D eigenvalue weighted by Crippen LogP contribution is 2.21. The first-order valence-electron chi connectivity index (χ1n) is 4.17. The van der Waals surface area contributed by atoms with Crippen LogP contribution in [-0.4, -0.2) is 12.0 Å². The molecule has 0 aliphatic heterocycles. The van der Waals surface area contributed by atoms with E-state index in [0.29, 0.717) is 16.8 Å². The van der Waals surface area contributed by atoms with Crippen LogP contribution in [-0.2, 0) is 0 Å². The van der Waals surface area contributed by atoms with Crippen LogP contribution in [0, 0.1) is 0 Å². The van der Waals surface area contributed by atoms with Gasteiger partial charge in [-0.05, 0) is 6.07 Å². The maximum atomic E-state index is 11.3. The lowest BCUT2D eigenvalue weighted by Gasteiger charge is -2.09. The van der Waals surface area contributed by atoms with Crippen LogP contribution < -0.4 is 16.2 Å². The van der Waals surface area contributed by atoms with Crippen molar-refractivity contribution in [2.24, 2.45) is 0 Å². The lowest BCUT2D eigenvalue weighted by Crippen LogP contribution is -2.35.